The molecule has 0 bridgehead atoms. The fourth-order valence-corrected chi connectivity index (χ4v) is 2.27. The van der Waals surface area contributed by atoms with Crippen molar-refractivity contribution in [2.75, 3.05) is 0 Å². The van der Waals surface area contributed by atoms with Gasteiger partial charge in [0.25, 0.3) is 5.91 Å². The maximum Gasteiger partial charge on any atom is 0.335 e. The Hall–Kier alpha value is -3.45. The van der Waals surface area contributed by atoms with Crippen LogP contribution in [0.25, 0.3) is 11.3 Å². The molecule has 7 nitrogen and oxygen atoms in total. The molecular formula is C18H13ClN4O3. The summed E-state index contributed by atoms with van der Waals surface area (Å²) in [6, 6.07) is 14.8. The fourth-order valence-electron chi connectivity index (χ4n) is 2.14. The number of benzene rings is 2. The molecule has 130 valence electrons. The minimum Gasteiger partial charge on any atom is -0.478 e. The van der Waals surface area contributed by atoms with E-state index in [1.54, 1.807) is 42.5 Å². The van der Waals surface area contributed by atoms with Gasteiger partial charge in [-0.25, -0.2) is 10.2 Å². The van der Waals surface area contributed by atoms with Crippen molar-refractivity contribution in [3.8, 4) is 11.3 Å². The number of H-pyrrole nitrogens is 1. The van der Waals surface area contributed by atoms with Crippen LogP contribution in [0.2, 0.25) is 5.02 Å². The molecule has 0 saturated heterocycles. The van der Waals surface area contributed by atoms with E-state index in [4.69, 9.17) is 16.7 Å². The number of amides is 1. The lowest BCUT2D eigenvalue weighted by atomic mass is 10.1. The van der Waals surface area contributed by atoms with Crippen LogP contribution >= 0.6 is 11.6 Å². The van der Waals surface area contributed by atoms with Gasteiger partial charge in [-0.1, -0.05) is 35.9 Å². The van der Waals surface area contributed by atoms with Crippen LogP contribution in [0, 0.1) is 0 Å². The summed E-state index contributed by atoms with van der Waals surface area (Å²) in [6.45, 7) is 0. The van der Waals surface area contributed by atoms with Crippen LogP contribution in [0.4, 0.5) is 0 Å². The largest absolute Gasteiger partial charge is 0.478 e. The smallest absolute Gasteiger partial charge is 0.335 e. The minimum atomic E-state index is -1.00. The predicted octanol–water partition coefficient (Wildman–Crippen LogP) is 3.19. The maximum atomic E-state index is 12.1. The normalized spacial score (nSPS) is 10.8. The van der Waals surface area contributed by atoms with Gasteiger partial charge in [-0.3, -0.25) is 9.89 Å². The van der Waals surface area contributed by atoms with Gasteiger partial charge in [0.05, 0.1) is 17.5 Å². The average Bonchev–Trinajstić information content (AvgIpc) is 3.13. The van der Waals surface area contributed by atoms with E-state index in [0.29, 0.717) is 16.3 Å². The van der Waals surface area contributed by atoms with Crippen molar-refractivity contribution >= 4 is 29.7 Å². The molecule has 0 aliphatic rings. The number of nitrogens with one attached hydrogen (secondary N) is 2. The number of aromatic carboxylic acids is 1. The van der Waals surface area contributed by atoms with E-state index >= 15 is 0 Å². The second-order valence-corrected chi connectivity index (χ2v) is 5.74. The monoisotopic (exact) mass is 368 g/mol. The third-order valence-electron chi connectivity index (χ3n) is 3.50. The highest BCUT2D eigenvalue weighted by atomic mass is 35.5. The first-order valence-corrected chi connectivity index (χ1v) is 7.89. The summed E-state index contributed by atoms with van der Waals surface area (Å²) in [6.07, 6.45) is 1.42. The first kappa shape index (κ1) is 17.4. The third-order valence-corrected chi connectivity index (χ3v) is 3.75. The van der Waals surface area contributed by atoms with E-state index in [0.717, 1.165) is 5.56 Å². The van der Waals surface area contributed by atoms with Gasteiger partial charge in [0, 0.05) is 10.6 Å². The highest BCUT2D eigenvalue weighted by Crippen LogP contribution is 2.20. The van der Waals surface area contributed by atoms with Crippen molar-refractivity contribution in [2.24, 2.45) is 5.10 Å². The molecular weight excluding hydrogens is 356 g/mol. The topological polar surface area (TPSA) is 107 Å². The number of carbonyl (C=O) groups is 2. The molecule has 3 N–H and O–H groups in total. The van der Waals surface area contributed by atoms with Gasteiger partial charge < -0.3 is 5.11 Å². The molecule has 8 heteroatoms. The Bertz CT molecular complexity index is 963. The molecule has 1 aromatic heterocycles. The van der Waals surface area contributed by atoms with Crippen molar-refractivity contribution < 1.29 is 14.7 Å². The van der Waals surface area contributed by atoms with E-state index < -0.39 is 11.9 Å². The summed E-state index contributed by atoms with van der Waals surface area (Å²) in [5, 5.41) is 20.1. The van der Waals surface area contributed by atoms with Gasteiger partial charge in [-0.2, -0.15) is 10.2 Å². The van der Waals surface area contributed by atoms with Gasteiger partial charge >= 0.3 is 5.97 Å². The second kappa shape index (κ2) is 7.62. The Morgan fingerprint density at radius 2 is 1.81 bits per heavy atom. The van der Waals surface area contributed by atoms with Crippen LogP contribution in [-0.2, 0) is 0 Å². The van der Waals surface area contributed by atoms with Gasteiger partial charge in [-0.05, 0) is 35.9 Å². The number of hydrogen-bond donors (Lipinski definition) is 3. The van der Waals surface area contributed by atoms with Gasteiger partial charge in [0.1, 0.15) is 5.69 Å². The second-order valence-electron chi connectivity index (χ2n) is 5.30. The molecule has 0 aliphatic carbocycles. The van der Waals surface area contributed by atoms with Crippen LogP contribution in [0.5, 0.6) is 0 Å². The molecule has 3 aromatic rings. The van der Waals surface area contributed by atoms with E-state index in [-0.39, 0.29) is 11.3 Å². The molecule has 1 amide bonds. The van der Waals surface area contributed by atoms with Gasteiger partial charge in [-0.15, -0.1) is 0 Å². The lowest BCUT2D eigenvalue weighted by Crippen LogP contribution is -2.18. The quantitative estimate of drug-likeness (QED) is 0.474. The van der Waals surface area contributed by atoms with Crippen LogP contribution < -0.4 is 5.43 Å². The average molecular weight is 369 g/mol. The number of carboxylic acids is 1. The van der Waals surface area contributed by atoms with Crippen LogP contribution in [0.3, 0.4) is 0 Å². The Morgan fingerprint density at radius 3 is 2.46 bits per heavy atom. The Labute approximate surface area is 153 Å². The summed E-state index contributed by atoms with van der Waals surface area (Å²) in [7, 11) is 0. The van der Waals surface area contributed by atoms with Crippen molar-refractivity contribution in [3.05, 3.63) is 76.4 Å². The Kier molecular flexibility index (Phi) is 5.09. The molecule has 0 fully saturated rings. The number of carboxylic acid groups (broad SMARTS) is 1. The molecule has 0 saturated carbocycles. The van der Waals surface area contributed by atoms with Crippen LogP contribution in [0.1, 0.15) is 26.4 Å². The van der Waals surface area contributed by atoms with Crippen LogP contribution in [-0.4, -0.2) is 33.4 Å². The number of halogens is 1. The number of nitrogens with zero attached hydrogens (tertiary/aromatic N) is 2. The number of rotatable bonds is 5. The number of aromatic amines is 1. The first-order valence-electron chi connectivity index (χ1n) is 7.51. The van der Waals surface area contributed by atoms with Crippen molar-refractivity contribution in [3.63, 3.8) is 0 Å². The molecule has 2 aromatic carbocycles. The van der Waals surface area contributed by atoms with Gasteiger partial charge in [0.15, 0.2) is 0 Å². The zero-order chi connectivity index (χ0) is 18.5. The first-order chi connectivity index (χ1) is 12.5. The number of hydrazone groups is 1. The van der Waals surface area contributed by atoms with E-state index in [2.05, 4.69) is 20.7 Å². The molecule has 26 heavy (non-hydrogen) atoms. The molecule has 3 rings (SSSR count). The lowest BCUT2D eigenvalue weighted by Gasteiger charge is -1.97. The molecule has 0 unspecified atom stereocenters. The Balaban J connectivity index is 1.63. The molecule has 0 aliphatic heterocycles. The lowest BCUT2D eigenvalue weighted by molar-refractivity contribution is 0.0696. The summed E-state index contributed by atoms with van der Waals surface area (Å²) in [4.78, 5) is 22.9. The zero-order valence-corrected chi connectivity index (χ0v) is 14.1. The van der Waals surface area contributed by atoms with Crippen molar-refractivity contribution in [1.29, 1.82) is 0 Å². The van der Waals surface area contributed by atoms with E-state index in [9.17, 15) is 9.59 Å². The maximum absolute atomic E-state index is 12.1. The standard InChI is InChI=1S/C18H13ClN4O3/c19-14-7-5-12(6-8-14)15-9-16(22-21-15)17(24)23-20-10-11-1-3-13(4-2-11)18(25)26/h1-10H,(H,21,22)(H,23,24)(H,25,26). The highest BCUT2D eigenvalue weighted by Gasteiger charge is 2.10. The highest BCUT2D eigenvalue weighted by molar-refractivity contribution is 6.30. The number of hydrogen-bond acceptors (Lipinski definition) is 4. The summed E-state index contributed by atoms with van der Waals surface area (Å²) >= 11 is 5.85. The SMILES string of the molecule is O=C(O)c1ccc(C=NNC(=O)c2cc(-c3ccc(Cl)cc3)n[nH]2)cc1. The fraction of sp³-hybridized carbons (Fsp3) is 0. The van der Waals surface area contributed by atoms with Gasteiger partial charge in [0.2, 0.25) is 0 Å². The number of aromatic nitrogens is 2. The van der Waals surface area contributed by atoms with E-state index in [1.165, 1.54) is 18.3 Å². The summed E-state index contributed by atoms with van der Waals surface area (Å²) < 4.78 is 0. The van der Waals surface area contributed by atoms with E-state index in [1.807, 2.05) is 0 Å². The predicted molar refractivity (Wildman–Crippen MR) is 97.5 cm³/mol. The summed E-state index contributed by atoms with van der Waals surface area (Å²) in [5.41, 5.74) is 4.91. The molecule has 0 spiro atoms. The minimum absolute atomic E-state index is 0.179. The summed E-state index contributed by atoms with van der Waals surface area (Å²) in [5.74, 6) is -1.45. The number of carbonyl (C=O) groups excluding carboxylic acids is 1. The Morgan fingerprint density at radius 1 is 1.12 bits per heavy atom. The van der Waals surface area contributed by atoms with Crippen LogP contribution in [0.15, 0.2) is 59.7 Å². The third kappa shape index (κ3) is 4.14. The van der Waals surface area contributed by atoms with Crippen molar-refractivity contribution in [2.45, 2.75) is 0 Å². The zero-order valence-electron chi connectivity index (χ0n) is 13.3. The molecule has 1 heterocycles. The molecule has 0 radical (unpaired) electrons. The molecule has 0 atom stereocenters. The van der Waals surface area contributed by atoms with Crippen molar-refractivity contribution in [1.82, 2.24) is 15.6 Å².